The number of hydrogen-bond donors (Lipinski definition) is 0. The molecule has 4 nitrogen and oxygen atoms in total. The van der Waals surface area contributed by atoms with Crippen LogP contribution in [-0.2, 0) is 20.0 Å². The second-order valence-electron chi connectivity index (χ2n) is 8.19. The Labute approximate surface area is 168 Å². The van der Waals surface area contributed by atoms with Gasteiger partial charge in [-0.05, 0) is 51.4 Å². The predicted octanol–water partition coefficient (Wildman–Crippen LogP) is 5.20. The lowest BCUT2D eigenvalue weighted by molar-refractivity contribution is 0.0266. The number of fused-ring (bicyclic) bond motifs is 1. The highest BCUT2D eigenvalue weighted by molar-refractivity contribution is 7.99. The Kier molecular flexibility index (Phi) is 5.37. The summed E-state index contributed by atoms with van der Waals surface area (Å²) >= 11 is 1.45. The quantitative estimate of drug-likeness (QED) is 0.492. The van der Waals surface area contributed by atoms with Crippen LogP contribution in [0.25, 0.3) is 0 Å². The molecule has 1 atom stereocenters. The van der Waals surface area contributed by atoms with Crippen LogP contribution < -0.4 is 0 Å². The van der Waals surface area contributed by atoms with Crippen LogP contribution in [0.2, 0.25) is 19.6 Å². The molecule has 0 saturated heterocycles. The van der Waals surface area contributed by atoms with Gasteiger partial charge in [-0.15, -0.1) is 11.8 Å². The Hall–Kier alpha value is -1.12. The maximum Gasteiger partial charge on any atom is 0.247 e. The van der Waals surface area contributed by atoms with E-state index in [1.807, 2.05) is 68.6 Å². The molecule has 0 spiro atoms. The van der Waals surface area contributed by atoms with Crippen LogP contribution in [-0.4, -0.2) is 27.3 Å². The predicted molar refractivity (Wildman–Crippen MR) is 114 cm³/mol. The average Bonchev–Trinajstić information content (AvgIpc) is 2.82. The summed E-state index contributed by atoms with van der Waals surface area (Å²) in [6, 6.07) is 15.4. The van der Waals surface area contributed by atoms with E-state index in [2.05, 4.69) is 19.6 Å². The topological polar surface area (TPSA) is 46.6 Å². The van der Waals surface area contributed by atoms with Crippen molar-refractivity contribution >= 4 is 30.1 Å². The Morgan fingerprint density at radius 2 is 1.67 bits per heavy atom. The third-order valence-electron chi connectivity index (χ3n) is 4.72. The maximum absolute atomic E-state index is 13.7. The lowest BCUT2D eigenvalue weighted by atomic mass is 9.93. The van der Waals surface area contributed by atoms with Gasteiger partial charge >= 0.3 is 0 Å². The normalized spacial score (nSPS) is 19.9. The van der Waals surface area contributed by atoms with Gasteiger partial charge in [0.25, 0.3) is 0 Å². The minimum absolute atomic E-state index is 0.393. The first kappa shape index (κ1) is 20.6. The van der Waals surface area contributed by atoms with E-state index in [4.69, 9.17) is 4.43 Å². The van der Waals surface area contributed by atoms with Crippen LogP contribution >= 0.6 is 11.8 Å². The van der Waals surface area contributed by atoms with Crippen molar-refractivity contribution in [1.29, 1.82) is 0 Å². The zero-order chi connectivity index (χ0) is 20.0. The highest BCUT2D eigenvalue weighted by atomic mass is 32.2. The first-order valence-electron chi connectivity index (χ1n) is 8.95. The summed E-state index contributed by atoms with van der Waals surface area (Å²) in [4.78, 5) is 1.16. The highest BCUT2D eigenvalue weighted by Gasteiger charge is 2.53. The number of thioether (sulfide) groups is 1. The van der Waals surface area contributed by atoms with E-state index in [0.717, 1.165) is 16.0 Å². The van der Waals surface area contributed by atoms with Gasteiger partial charge in [0.15, 0.2) is 8.32 Å². The second-order valence-corrected chi connectivity index (χ2v) is 15.2. The fourth-order valence-electron chi connectivity index (χ4n) is 3.53. The molecule has 0 fully saturated rings. The first-order valence-corrected chi connectivity index (χ1v) is 15.0. The summed E-state index contributed by atoms with van der Waals surface area (Å²) in [6.45, 7) is 10.2. The molecular weight excluding hydrogens is 394 g/mol. The SMILES string of the molecule is CSc1cccc2c1S(=O)(=O)N(C(C)(C)c1ccccc1)C2O[Si](C)(C)C. The summed E-state index contributed by atoms with van der Waals surface area (Å²) in [5.41, 5.74) is 0.934. The van der Waals surface area contributed by atoms with Crippen molar-refractivity contribution in [2.75, 3.05) is 6.26 Å². The molecule has 2 aromatic rings. The summed E-state index contributed by atoms with van der Waals surface area (Å²) < 4.78 is 35.5. The molecule has 1 aliphatic heterocycles. The molecule has 0 amide bonds. The van der Waals surface area contributed by atoms with E-state index in [-0.39, 0.29) is 0 Å². The lowest BCUT2D eigenvalue weighted by Gasteiger charge is -2.40. The summed E-state index contributed by atoms with van der Waals surface area (Å²) in [6.07, 6.45) is 1.30. The number of rotatable bonds is 5. The van der Waals surface area contributed by atoms with Gasteiger partial charge in [-0.3, -0.25) is 0 Å². The number of sulfonamides is 1. The zero-order valence-electron chi connectivity index (χ0n) is 16.7. The van der Waals surface area contributed by atoms with E-state index in [1.165, 1.54) is 11.8 Å². The minimum Gasteiger partial charge on any atom is -0.398 e. The van der Waals surface area contributed by atoms with Crippen LogP contribution in [0.3, 0.4) is 0 Å². The van der Waals surface area contributed by atoms with Gasteiger partial charge < -0.3 is 4.43 Å². The van der Waals surface area contributed by atoms with Crippen LogP contribution in [0.5, 0.6) is 0 Å². The largest absolute Gasteiger partial charge is 0.398 e. The Morgan fingerprint density at radius 3 is 2.22 bits per heavy atom. The van der Waals surface area contributed by atoms with Gasteiger partial charge in [-0.1, -0.05) is 42.5 Å². The monoisotopic (exact) mass is 421 g/mol. The molecule has 146 valence electrons. The lowest BCUT2D eigenvalue weighted by Crippen LogP contribution is -2.47. The van der Waals surface area contributed by atoms with Gasteiger partial charge in [-0.2, -0.15) is 4.31 Å². The van der Waals surface area contributed by atoms with Gasteiger partial charge in [0.05, 0.1) is 5.54 Å². The standard InChI is InChI=1S/C20H27NO3S2Si/c1-20(2,15-11-8-7-9-12-15)21-19(24-27(4,5)6)16-13-10-14-17(25-3)18(16)26(21,22)23/h7-14,19H,1-6H3. The third-order valence-corrected chi connectivity index (χ3v) is 8.70. The molecule has 1 unspecified atom stereocenters. The molecule has 27 heavy (non-hydrogen) atoms. The van der Waals surface area contributed by atoms with E-state index < -0.39 is 30.1 Å². The molecule has 1 heterocycles. The average molecular weight is 422 g/mol. The van der Waals surface area contributed by atoms with E-state index in [9.17, 15) is 8.42 Å². The second kappa shape index (κ2) is 7.04. The molecule has 7 heteroatoms. The van der Waals surface area contributed by atoms with Crippen molar-refractivity contribution in [1.82, 2.24) is 4.31 Å². The van der Waals surface area contributed by atoms with Crippen molar-refractivity contribution in [3.8, 4) is 0 Å². The van der Waals surface area contributed by atoms with Crippen LogP contribution in [0.4, 0.5) is 0 Å². The smallest absolute Gasteiger partial charge is 0.247 e. The Morgan fingerprint density at radius 1 is 1.04 bits per heavy atom. The van der Waals surface area contributed by atoms with Crippen molar-refractivity contribution in [2.45, 2.75) is 55.0 Å². The number of nitrogens with zero attached hydrogens (tertiary/aromatic N) is 1. The van der Waals surface area contributed by atoms with Gasteiger partial charge in [0, 0.05) is 10.5 Å². The molecule has 0 bridgehead atoms. The fourth-order valence-corrected chi connectivity index (χ4v) is 7.69. The summed E-state index contributed by atoms with van der Waals surface area (Å²) in [5, 5.41) is 0. The molecule has 0 aromatic heterocycles. The number of benzene rings is 2. The van der Waals surface area contributed by atoms with Gasteiger partial charge in [0.1, 0.15) is 11.1 Å². The zero-order valence-corrected chi connectivity index (χ0v) is 19.3. The molecule has 0 aliphatic carbocycles. The van der Waals surface area contributed by atoms with E-state index >= 15 is 0 Å². The minimum atomic E-state index is -3.71. The van der Waals surface area contributed by atoms with E-state index in [1.54, 1.807) is 4.31 Å². The first-order chi connectivity index (χ1) is 12.5. The molecule has 1 aliphatic rings. The summed E-state index contributed by atoms with van der Waals surface area (Å²) in [5.74, 6) is 0. The molecule has 0 saturated carbocycles. The fraction of sp³-hybridized carbons (Fsp3) is 0.400. The van der Waals surface area contributed by atoms with Crippen molar-refractivity contribution in [3.63, 3.8) is 0 Å². The third kappa shape index (κ3) is 3.63. The Balaban J connectivity index is 2.25. The van der Waals surface area contributed by atoms with Crippen LogP contribution in [0.15, 0.2) is 58.3 Å². The van der Waals surface area contributed by atoms with Gasteiger partial charge in [0.2, 0.25) is 10.0 Å². The van der Waals surface area contributed by atoms with Crippen molar-refractivity contribution in [3.05, 3.63) is 59.7 Å². The molecular formula is C20H27NO3S2Si. The molecule has 0 N–H and O–H groups in total. The van der Waals surface area contributed by atoms with Crippen LogP contribution in [0, 0.1) is 0 Å². The van der Waals surface area contributed by atoms with Crippen LogP contribution in [0.1, 0.15) is 31.2 Å². The number of hydrogen-bond acceptors (Lipinski definition) is 4. The summed E-state index contributed by atoms with van der Waals surface area (Å²) in [7, 11) is -5.72. The Bertz CT molecular complexity index is 937. The maximum atomic E-state index is 13.7. The molecule has 3 rings (SSSR count). The van der Waals surface area contributed by atoms with E-state index in [0.29, 0.717) is 4.90 Å². The van der Waals surface area contributed by atoms with Crippen molar-refractivity contribution in [2.24, 2.45) is 0 Å². The van der Waals surface area contributed by atoms with Crippen molar-refractivity contribution < 1.29 is 12.8 Å². The molecule has 0 radical (unpaired) electrons. The molecule has 2 aromatic carbocycles. The van der Waals surface area contributed by atoms with Gasteiger partial charge in [-0.25, -0.2) is 8.42 Å². The highest BCUT2D eigenvalue weighted by Crippen LogP contribution is 2.51.